The van der Waals surface area contributed by atoms with E-state index in [1.165, 1.54) is 0 Å². The highest BCUT2D eigenvalue weighted by Crippen LogP contribution is 2.23. The summed E-state index contributed by atoms with van der Waals surface area (Å²) in [7, 11) is 0. The normalized spacial score (nSPS) is 14.5. The molecule has 1 heterocycles. The number of hydrogen-bond acceptors (Lipinski definition) is 4. The van der Waals surface area contributed by atoms with Crippen molar-refractivity contribution in [3.63, 3.8) is 0 Å². The average molecular weight is 412 g/mol. The number of piperidine rings is 1. The van der Waals surface area contributed by atoms with E-state index in [4.69, 9.17) is 5.21 Å². The number of carbonyl (C=O) groups is 3. The third-order valence-corrected chi connectivity index (χ3v) is 5.87. The summed E-state index contributed by atoms with van der Waals surface area (Å²) in [5, 5.41) is 13.2. The standard InChI is InChI=1S/C23H29N3O4/c1-16-9-10-18-6-2-3-7-19(18)22(16)23(29)24-15-21(28)26-13-11-17(12-14-26)5-4-8-20(27)25-30/h2-3,6-7,9-10,17,30H,4-5,8,11-15H2,1H3,(H,24,29)(H,25,27). The van der Waals surface area contributed by atoms with E-state index in [0.717, 1.165) is 42.0 Å². The summed E-state index contributed by atoms with van der Waals surface area (Å²) in [5.41, 5.74) is 3.15. The van der Waals surface area contributed by atoms with Crippen molar-refractivity contribution in [3.8, 4) is 0 Å². The molecule has 7 nitrogen and oxygen atoms in total. The summed E-state index contributed by atoms with van der Waals surface area (Å²) in [6, 6.07) is 11.7. The highest BCUT2D eigenvalue weighted by Gasteiger charge is 2.23. The molecule has 0 saturated carbocycles. The van der Waals surface area contributed by atoms with Gasteiger partial charge in [0, 0.05) is 19.5 Å². The first kappa shape index (κ1) is 21.8. The van der Waals surface area contributed by atoms with Crippen LogP contribution in [-0.4, -0.2) is 47.5 Å². The second-order valence-electron chi connectivity index (χ2n) is 7.91. The highest BCUT2D eigenvalue weighted by atomic mass is 16.5. The number of fused-ring (bicyclic) bond motifs is 1. The van der Waals surface area contributed by atoms with Crippen LogP contribution in [0.2, 0.25) is 0 Å². The van der Waals surface area contributed by atoms with Crippen molar-refractivity contribution in [2.45, 2.75) is 39.0 Å². The molecule has 3 amide bonds. The maximum absolute atomic E-state index is 12.8. The quantitative estimate of drug-likeness (QED) is 0.482. The van der Waals surface area contributed by atoms with Crippen molar-refractivity contribution in [2.24, 2.45) is 5.92 Å². The Hall–Kier alpha value is -2.93. The Kier molecular flexibility index (Phi) is 7.41. The molecule has 7 heteroatoms. The van der Waals surface area contributed by atoms with Crippen LogP contribution < -0.4 is 10.8 Å². The van der Waals surface area contributed by atoms with Crippen molar-refractivity contribution in [1.29, 1.82) is 0 Å². The van der Waals surface area contributed by atoms with Crippen LogP contribution in [0.5, 0.6) is 0 Å². The predicted molar refractivity (Wildman–Crippen MR) is 114 cm³/mol. The number of carbonyl (C=O) groups excluding carboxylic acids is 3. The van der Waals surface area contributed by atoms with E-state index >= 15 is 0 Å². The van der Waals surface area contributed by atoms with Gasteiger partial charge in [0.25, 0.3) is 5.91 Å². The third-order valence-electron chi connectivity index (χ3n) is 5.87. The van der Waals surface area contributed by atoms with Crippen LogP contribution in [0.4, 0.5) is 0 Å². The van der Waals surface area contributed by atoms with E-state index in [1.807, 2.05) is 43.3 Å². The van der Waals surface area contributed by atoms with Crippen LogP contribution in [0.3, 0.4) is 0 Å². The lowest BCUT2D eigenvalue weighted by atomic mass is 9.91. The van der Waals surface area contributed by atoms with E-state index in [-0.39, 0.29) is 24.3 Å². The molecule has 3 rings (SSSR count). The van der Waals surface area contributed by atoms with E-state index in [1.54, 1.807) is 10.4 Å². The van der Waals surface area contributed by atoms with Crippen LogP contribution >= 0.6 is 0 Å². The topological polar surface area (TPSA) is 98.7 Å². The van der Waals surface area contributed by atoms with Gasteiger partial charge in [-0.25, -0.2) is 5.48 Å². The molecule has 0 spiro atoms. The third kappa shape index (κ3) is 5.36. The number of benzene rings is 2. The molecule has 0 aromatic heterocycles. The lowest BCUT2D eigenvalue weighted by molar-refractivity contribution is -0.131. The van der Waals surface area contributed by atoms with Gasteiger partial charge in [0.05, 0.1) is 12.1 Å². The largest absolute Gasteiger partial charge is 0.343 e. The molecule has 0 unspecified atom stereocenters. The van der Waals surface area contributed by atoms with Gasteiger partial charge in [0.2, 0.25) is 11.8 Å². The van der Waals surface area contributed by atoms with Crippen molar-refractivity contribution in [1.82, 2.24) is 15.7 Å². The summed E-state index contributed by atoms with van der Waals surface area (Å²) < 4.78 is 0. The first-order valence-electron chi connectivity index (χ1n) is 10.5. The number of hydroxylamine groups is 1. The van der Waals surface area contributed by atoms with Crippen LogP contribution in [0.15, 0.2) is 36.4 Å². The minimum Gasteiger partial charge on any atom is -0.343 e. The van der Waals surface area contributed by atoms with Crippen molar-refractivity contribution in [2.75, 3.05) is 19.6 Å². The molecule has 0 atom stereocenters. The molecule has 1 aliphatic heterocycles. The number of nitrogens with one attached hydrogen (secondary N) is 2. The number of nitrogens with zero attached hydrogens (tertiary/aromatic N) is 1. The molecule has 0 aliphatic carbocycles. The second kappa shape index (κ2) is 10.2. The zero-order valence-electron chi connectivity index (χ0n) is 17.3. The van der Waals surface area contributed by atoms with Gasteiger partial charge in [-0.1, -0.05) is 36.4 Å². The maximum Gasteiger partial charge on any atom is 0.252 e. The van der Waals surface area contributed by atoms with Gasteiger partial charge in [0.1, 0.15) is 0 Å². The lowest BCUT2D eigenvalue weighted by Gasteiger charge is -2.32. The average Bonchev–Trinajstić information content (AvgIpc) is 2.77. The smallest absolute Gasteiger partial charge is 0.252 e. The SMILES string of the molecule is Cc1ccc2ccccc2c1C(=O)NCC(=O)N1CCC(CCCC(=O)NO)CC1. The Balaban J connectivity index is 1.48. The number of aryl methyl sites for hydroxylation is 1. The summed E-state index contributed by atoms with van der Waals surface area (Å²) in [6.07, 6.45) is 3.74. The van der Waals surface area contributed by atoms with E-state index < -0.39 is 0 Å². The fraction of sp³-hybridized carbons (Fsp3) is 0.435. The molecular weight excluding hydrogens is 382 g/mol. The fourth-order valence-corrected chi connectivity index (χ4v) is 4.12. The molecule has 2 aromatic carbocycles. The first-order chi connectivity index (χ1) is 14.5. The number of likely N-dealkylation sites (tertiary alicyclic amines) is 1. The molecule has 1 fully saturated rings. The predicted octanol–water partition coefficient (Wildman–Crippen LogP) is 2.79. The summed E-state index contributed by atoms with van der Waals surface area (Å²) in [4.78, 5) is 38.2. The fourth-order valence-electron chi connectivity index (χ4n) is 4.12. The van der Waals surface area contributed by atoms with E-state index in [9.17, 15) is 14.4 Å². The van der Waals surface area contributed by atoms with Gasteiger partial charge < -0.3 is 10.2 Å². The lowest BCUT2D eigenvalue weighted by Crippen LogP contribution is -2.44. The Morgan fingerprint density at radius 1 is 1.10 bits per heavy atom. The Labute approximate surface area is 176 Å². The Morgan fingerprint density at radius 2 is 1.83 bits per heavy atom. The zero-order valence-corrected chi connectivity index (χ0v) is 17.3. The monoisotopic (exact) mass is 411 g/mol. The number of rotatable bonds is 7. The zero-order chi connectivity index (χ0) is 21.5. The Morgan fingerprint density at radius 3 is 2.57 bits per heavy atom. The minimum absolute atomic E-state index is 0.0111. The van der Waals surface area contributed by atoms with Gasteiger partial charge in [0.15, 0.2) is 0 Å². The van der Waals surface area contributed by atoms with Gasteiger partial charge in [-0.05, 0) is 54.9 Å². The molecule has 0 bridgehead atoms. The second-order valence-corrected chi connectivity index (χ2v) is 7.91. The number of amides is 3. The first-order valence-corrected chi connectivity index (χ1v) is 10.5. The number of hydrogen-bond donors (Lipinski definition) is 3. The molecule has 1 aliphatic rings. The van der Waals surface area contributed by atoms with Gasteiger partial charge in [-0.3, -0.25) is 19.6 Å². The van der Waals surface area contributed by atoms with Gasteiger partial charge in [-0.2, -0.15) is 0 Å². The van der Waals surface area contributed by atoms with Crippen molar-refractivity contribution >= 4 is 28.5 Å². The molecule has 160 valence electrons. The van der Waals surface area contributed by atoms with Crippen LogP contribution in [-0.2, 0) is 9.59 Å². The molecule has 3 N–H and O–H groups in total. The molecular formula is C23H29N3O4. The van der Waals surface area contributed by atoms with Crippen LogP contribution in [0.1, 0.15) is 48.0 Å². The molecule has 30 heavy (non-hydrogen) atoms. The summed E-state index contributed by atoms with van der Waals surface area (Å²) in [5.74, 6) is -0.178. The van der Waals surface area contributed by atoms with Gasteiger partial charge in [-0.15, -0.1) is 0 Å². The Bertz CT molecular complexity index is 920. The van der Waals surface area contributed by atoms with Gasteiger partial charge >= 0.3 is 0 Å². The molecule has 1 saturated heterocycles. The molecule has 2 aromatic rings. The summed E-state index contributed by atoms with van der Waals surface area (Å²) >= 11 is 0. The van der Waals surface area contributed by atoms with E-state index in [2.05, 4.69) is 5.32 Å². The van der Waals surface area contributed by atoms with Crippen LogP contribution in [0.25, 0.3) is 10.8 Å². The van der Waals surface area contributed by atoms with Crippen molar-refractivity contribution < 1.29 is 19.6 Å². The molecule has 0 radical (unpaired) electrons. The van der Waals surface area contributed by atoms with Crippen molar-refractivity contribution in [3.05, 3.63) is 47.5 Å². The highest BCUT2D eigenvalue weighted by molar-refractivity contribution is 6.09. The van der Waals surface area contributed by atoms with Crippen LogP contribution in [0, 0.1) is 12.8 Å². The minimum atomic E-state index is -0.361. The maximum atomic E-state index is 12.8. The van der Waals surface area contributed by atoms with E-state index in [0.29, 0.717) is 31.0 Å². The summed E-state index contributed by atoms with van der Waals surface area (Å²) in [6.45, 7) is 3.22.